The highest BCUT2D eigenvalue weighted by Crippen LogP contribution is 2.20. The van der Waals surface area contributed by atoms with Crippen molar-refractivity contribution in [2.45, 2.75) is 51.9 Å². The molecule has 0 spiro atoms. The summed E-state index contributed by atoms with van der Waals surface area (Å²) in [6.45, 7) is 6.90. The second-order valence-electron chi connectivity index (χ2n) is 4.47. The Kier molecular flexibility index (Phi) is 7.53. The number of rotatable bonds is 9. The Balaban J connectivity index is 2.40. The van der Waals surface area contributed by atoms with E-state index in [1.54, 1.807) is 0 Å². The predicted molar refractivity (Wildman–Crippen MR) is 74.4 cm³/mol. The minimum absolute atomic E-state index is 0.840. The largest absolute Gasteiger partial charge is 0.493 e. The van der Waals surface area contributed by atoms with Gasteiger partial charge in [-0.15, -0.1) is 0 Å². The molecule has 1 nitrogen and oxygen atoms in total. The average Bonchev–Trinajstić information content (AvgIpc) is 2.36. The maximum absolute atomic E-state index is 5.82. The molecule has 17 heavy (non-hydrogen) atoms. The molecule has 0 aliphatic heterocycles. The number of unbranched alkanes of at least 4 members (excludes halogenated alkanes) is 4. The number of aryl methyl sites for hydroxylation is 1. The fourth-order valence-corrected chi connectivity index (χ4v) is 1.85. The number of para-hydroxylation sites is 1. The molecule has 0 aliphatic rings. The van der Waals surface area contributed by atoms with Crippen molar-refractivity contribution in [1.29, 1.82) is 0 Å². The zero-order chi connectivity index (χ0) is 12.3. The highest BCUT2D eigenvalue weighted by atomic mass is 16.5. The zero-order valence-corrected chi connectivity index (χ0v) is 11.1. The van der Waals surface area contributed by atoms with Gasteiger partial charge in [-0.05, 0) is 30.9 Å². The second-order valence-corrected chi connectivity index (χ2v) is 4.47. The van der Waals surface area contributed by atoms with Crippen LogP contribution in [0.2, 0.25) is 0 Å². The summed E-state index contributed by atoms with van der Waals surface area (Å²) in [6.07, 6.45) is 8.24. The van der Waals surface area contributed by atoms with Crippen LogP contribution in [-0.2, 0) is 6.42 Å². The maximum Gasteiger partial charge on any atom is 0.122 e. The van der Waals surface area contributed by atoms with E-state index < -0.39 is 0 Å². The minimum Gasteiger partial charge on any atom is -0.493 e. The van der Waals surface area contributed by atoms with Gasteiger partial charge in [0.1, 0.15) is 5.75 Å². The zero-order valence-electron chi connectivity index (χ0n) is 11.1. The van der Waals surface area contributed by atoms with Crippen molar-refractivity contribution in [3.63, 3.8) is 0 Å². The third-order valence-electron chi connectivity index (χ3n) is 2.92. The van der Waals surface area contributed by atoms with Crippen molar-refractivity contribution in [3.05, 3.63) is 36.8 Å². The van der Waals surface area contributed by atoms with E-state index in [1.807, 2.05) is 0 Å². The summed E-state index contributed by atoms with van der Waals surface area (Å²) >= 11 is 0. The van der Waals surface area contributed by atoms with Gasteiger partial charge in [-0.3, -0.25) is 0 Å². The van der Waals surface area contributed by atoms with Gasteiger partial charge < -0.3 is 4.74 Å². The van der Waals surface area contributed by atoms with Gasteiger partial charge in [0.15, 0.2) is 0 Å². The van der Waals surface area contributed by atoms with Crippen molar-refractivity contribution in [1.82, 2.24) is 0 Å². The van der Waals surface area contributed by atoms with Gasteiger partial charge in [0.25, 0.3) is 0 Å². The van der Waals surface area contributed by atoms with Crippen LogP contribution in [0.5, 0.6) is 5.75 Å². The first-order chi connectivity index (χ1) is 8.38. The molecular formula is C16H25O. The fraction of sp³-hybridized carbons (Fsp3) is 0.562. The lowest BCUT2D eigenvalue weighted by Crippen LogP contribution is -1.99. The molecule has 0 aliphatic carbocycles. The summed E-state index contributed by atoms with van der Waals surface area (Å²) in [6, 6.07) is 8.43. The molecule has 0 aromatic heterocycles. The van der Waals surface area contributed by atoms with Crippen LogP contribution in [-0.4, -0.2) is 6.61 Å². The number of hydrogen-bond donors (Lipinski definition) is 0. The molecule has 0 saturated carbocycles. The van der Waals surface area contributed by atoms with Crippen molar-refractivity contribution in [2.24, 2.45) is 0 Å². The average molecular weight is 233 g/mol. The van der Waals surface area contributed by atoms with E-state index >= 15 is 0 Å². The monoisotopic (exact) mass is 233 g/mol. The van der Waals surface area contributed by atoms with E-state index in [4.69, 9.17) is 4.74 Å². The Morgan fingerprint density at radius 3 is 2.65 bits per heavy atom. The van der Waals surface area contributed by atoms with E-state index in [1.165, 1.54) is 31.2 Å². The molecule has 1 heteroatoms. The molecule has 1 rings (SSSR count). The van der Waals surface area contributed by atoms with E-state index in [-0.39, 0.29) is 0 Å². The molecule has 95 valence electrons. The van der Waals surface area contributed by atoms with Crippen LogP contribution in [0.25, 0.3) is 0 Å². The Hall–Kier alpha value is -0.980. The van der Waals surface area contributed by atoms with E-state index in [9.17, 15) is 0 Å². The van der Waals surface area contributed by atoms with Crippen LogP contribution in [0, 0.1) is 6.92 Å². The molecule has 0 unspecified atom stereocenters. The molecule has 1 aromatic carbocycles. The molecule has 0 N–H and O–H groups in total. The van der Waals surface area contributed by atoms with Crippen LogP contribution in [0.15, 0.2) is 24.3 Å². The normalized spacial score (nSPS) is 10.5. The van der Waals surface area contributed by atoms with Crippen molar-refractivity contribution >= 4 is 0 Å². The molecule has 0 heterocycles. The molecular weight excluding hydrogens is 208 g/mol. The van der Waals surface area contributed by atoms with Crippen LogP contribution in [0.1, 0.15) is 51.0 Å². The number of hydrogen-bond acceptors (Lipinski definition) is 1. The standard InChI is InChI=1S/C16H25O/c1-3-5-7-8-11-15-12-9-10-13-16(15)17-14-6-4-2/h9-10,12-13H,1,3-8,11,14H2,2H3. The third kappa shape index (κ3) is 5.76. The second kappa shape index (κ2) is 9.09. The fourth-order valence-electron chi connectivity index (χ4n) is 1.85. The van der Waals surface area contributed by atoms with Gasteiger partial charge >= 0.3 is 0 Å². The molecule has 0 atom stereocenters. The summed E-state index contributed by atoms with van der Waals surface area (Å²) in [5.41, 5.74) is 1.35. The molecule has 1 aromatic rings. The topological polar surface area (TPSA) is 9.23 Å². The Morgan fingerprint density at radius 1 is 1.06 bits per heavy atom. The van der Waals surface area contributed by atoms with Crippen molar-refractivity contribution < 1.29 is 4.74 Å². The Labute approximate surface area is 106 Å². The minimum atomic E-state index is 0.840. The van der Waals surface area contributed by atoms with Gasteiger partial charge in [-0.25, -0.2) is 0 Å². The molecule has 0 fully saturated rings. The van der Waals surface area contributed by atoms with Gasteiger partial charge in [-0.2, -0.15) is 0 Å². The van der Waals surface area contributed by atoms with Crippen LogP contribution < -0.4 is 4.74 Å². The highest BCUT2D eigenvalue weighted by molar-refractivity contribution is 5.33. The van der Waals surface area contributed by atoms with E-state index in [2.05, 4.69) is 38.1 Å². The first-order valence-corrected chi connectivity index (χ1v) is 6.88. The van der Waals surface area contributed by atoms with Gasteiger partial charge in [0.2, 0.25) is 0 Å². The number of ether oxygens (including phenoxy) is 1. The number of benzene rings is 1. The van der Waals surface area contributed by atoms with Gasteiger partial charge in [0, 0.05) is 0 Å². The van der Waals surface area contributed by atoms with E-state index in [0.717, 1.165) is 31.6 Å². The lowest BCUT2D eigenvalue weighted by Gasteiger charge is -2.10. The lowest BCUT2D eigenvalue weighted by molar-refractivity contribution is 0.306. The first kappa shape index (κ1) is 14.1. The summed E-state index contributed by atoms with van der Waals surface area (Å²) in [7, 11) is 0. The summed E-state index contributed by atoms with van der Waals surface area (Å²) in [5.74, 6) is 1.08. The Bertz CT molecular complexity index is 293. The SMILES string of the molecule is [CH2]CCCCCc1ccccc1OCCCC. The first-order valence-electron chi connectivity index (χ1n) is 6.88. The quantitative estimate of drug-likeness (QED) is 0.556. The van der Waals surface area contributed by atoms with Crippen molar-refractivity contribution in [2.75, 3.05) is 6.61 Å². The van der Waals surface area contributed by atoms with Gasteiger partial charge in [0.05, 0.1) is 6.61 Å². The smallest absolute Gasteiger partial charge is 0.122 e. The van der Waals surface area contributed by atoms with Crippen LogP contribution in [0.4, 0.5) is 0 Å². The molecule has 0 bridgehead atoms. The van der Waals surface area contributed by atoms with Gasteiger partial charge in [-0.1, -0.05) is 57.7 Å². The third-order valence-corrected chi connectivity index (χ3v) is 2.92. The molecule has 0 amide bonds. The van der Waals surface area contributed by atoms with Crippen molar-refractivity contribution in [3.8, 4) is 5.75 Å². The predicted octanol–water partition coefficient (Wildman–Crippen LogP) is 4.80. The van der Waals surface area contributed by atoms with Crippen LogP contribution >= 0.6 is 0 Å². The van der Waals surface area contributed by atoms with E-state index in [0.29, 0.717) is 0 Å². The summed E-state index contributed by atoms with van der Waals surface area (Å²) in [4.78, 5) is 0. The Morgan fingerprint density at radius 2 is 1.88 bits per heavy atom. The maximum atomic E-state index is 5.82. The summed E-state index contributed by atoms with van der Waals surface area (Å²) in [5, 5.41) is 0. The van der Waals surface area contributed by atoms with Crippen LogP contribution in [0.3, 0.4) is 0 Å². The molecule has 0 saturated heterocycles. The highest BCUT2D eigenvalue weighted by Gasteiger charge is 2.02. The lowest BCUT2D eigenvalue weighted by atomic mass is 10.1. The molecule has 1 radical (unpaired) electrons. The summed E-state index contributed by atoms with van der Waals surface area (Å²) < 4.78 is 5.82.